The van der Waals surface area contributed by atoms with Crippen molar-refractivity contribution in [2.45, 2.75) is 20.3 Å². The Morgan fingerprint density at radius 3 is 2.50 bits per heavy atom. The third kappa shape index (κ3) is 3.87. The van der Waals surface area contributed by atoms with Gasteiger partial charge in [0.1, 0.15) is 5.75 Å². The highest BCUT2D eigenvalue weighted by atomic mass is 35.5. The number of rotatable bonds is 6. The van der Waals surface area contributed by atoms with Gasteiger partial charge in [-0.3, -0.25) is 19.3 Å². The van der Waals surface area contributed by atoms with Crippen molar-refractivity contribution in [3.63, 3.8) is 0 Å². The van der Waals surface area contributed by atoms with Gasteiger partial charge >= 0.3 is 0 Å². The molecule has 1 aliphatic rings. The number of methoxy groups -OCH3 is 1. The highest BCUT2D eigenvalue weighted by Gasteiger charge is 2.35. The summed E-state index contributed by atoms with van der Waals surface area (Å²) in [5.74, 6) is -0.271. The predicted molar refractivity (Wildman–Crippen MR) is 107 cm³/mol. The molecule has 6 nitrogen and oxygen atoms in total. The number of amides is 3. The smallest absolute Gasteiger partial charge is 0.261 e. The fourth-order valence-electron chi connectivity index (χ4n) is 2.99. The first-order valence-corrected chi connectivity index (χ1v) is 9.34. The lowest BCUT2D eigenvalue weighted by Crippen LogP contribution is -2.31. The number of carbonyl (C=O) groups excluding carboxylic acids is 3. The first-order chi connectivity index (χ1) is 13.3. The Labute approximate surface area is 168 Å². The molecule has 0 spiro atoms. The standard InChI is InChI=1S/C21H21ClN2O4/c1-12(2)8-9-24-20(26)15-6-4-13(10-16(15)21(24)27)19(25)23-17-11-14(22)5-7-18(17)28-3/h4-7,10-12H,8-9H2,1-3H3,(H,23,25). The fraction of sp³-hybridized carbons (Fsp3) is 0.286. The molecule has 0 aliphatic carbocycles. The number of carbonyl (C=O) groups is 3. The number of nitrogens with one attached hydrogen (secondary N) is 1. The van der Waals surface area contributed by atoms with Gasteiger partial charge in [-0.1, -0.05) is 25.4 Å². The van der Waals surface area contributed by atoms with Gasteiger partial charge in [-0.2, -0.15) is 0 Å². The molecule has 7 heteroatoms. The van der Waals surface area contributed by atoms with Crippen LogP contribution in [0.4, 0.5) is 5.69 Å². The molecule has 3 rings (SSSR count). The second-order valence-electron chi connectivity index (χ2n) is 7.00. The summed E-state index contributed by atoms with van der Waals surface area (Å²) in [4.78, 5) is 39.0. The van der Waals surface area contributed by atoms with Crippen LogP contribution in [0.3, 0.4) is 0 Å². The van der Waals surface area contributed by atoms with Crippen molar-refractivity contribution in [1.29, 1.82) is 0 Å². The zero-order valence-corrected chi connectivity index (χ0v) is 16.7. The highest BCUT2D eigenvalue weighted by Crippen LogP contribution is 2.29. The molecule has 0 saturated heterocycles. The Morgan fingerprint density at radius 1 is 1.11 bits per heavy atom. The summed E-state index contributed by atoms with van der Waals surface area (Å²) in [6, 6.07) is 9.39. The number of nitrogens with zero attached hydrogens (tertiary/aromatic N) is 1. The van der Waals surface area contributed by atoms with Gasteiger partial charge in [0.2, 0.25) is 0 Å². The van der Waals surface area contributed by atoms with Gasteiger partial charge < -0.3 is 10.1 Å². The third-order valence-electron chi connectivity index (χ3n) is 4.57. The number of hydrogen-bond donors (Lipinski definition) is 1. The number of fused-ring (bicyclic) bond motifs is 1. The number of anilines is 1. The van der Waals surface area contributed by atoms with Crippen LogP contribution in [0.5, 0.6) is 5.75 Å². The van der Waals surface area contributed by atoms with E-state index in [1.807, 2.05) is 13.8 Å². The largest absolute Gasteiger partial charge is 0.495 e. The van der Waals surface area contributed by atoms with Crippen LogP contribution in [0.1, 0.15) is 51.3 Å². The van der Waals surface area contributed by atoms with Crippen molar-refractivity contribution in [3.8, 4) is 5.75 Å². The predicted octanol–water partition coefficient (Wildman–Crippen LogP) is 4.24. The summed E-state index contributed by atoms with van der Waals surface area (Å²) in [6.45, 7) is 4.43. The van der Waals surface area contributed by atoms with E-state index in [4.69, 9.17) is 16.3 Å². The minimum absolute atomic E-state index is 0.250. The number of halogens is 1. The molecule has 0 bridgehead atoms. The molecule has 0 saturated carbocycles. The monoisotopic (exact) mass is 400 g/mol. The first-order valence-electron chi connectivity index (χ1n) is 8.97. The van der Waals surface area contributed by atoms with E-state index < -0.39 is 5.91 Å². The SMILES string of the molecule is COc1ccc(Cl)cc1NC(=O)c1ccc2c(c1)C(=O)N(CCC(C)C)C2=O. The molecule has 0 atom stereocenters. The number of hydrogen-bond acceptors (Lipinski definition) is 4. The quantitative estimate of drug-likeness (QED) is 0.736. The average Bonchev–Trinajstić information content (AvgIpc) is 2.90. The molecular weight excluding hydrogens is 380 g/mol. The van der Waals surface area contributed by atoms with Gasteiger partial charge in [0.05, 0.1) is 23.9 Å². The van der Waals surface area contributed by atoms with Gasteiger partial charge in [0, 0.05) is 17.1 Å². The summed E-state index contributed by atoms with van der Waals surface area (Å²) >= 11 is 5.99. The van der Waals surface area contributed by atoms with Crippen molar-refractivity contribution < 1.29 is 19.1 Å². The van der Waals surface area contributed by atoms with Crippen molar-refractivity contribution in [2.24, 2.45) is 5.92 Å². The molecule has 0 aromatic heterocycles. The average molecular weight is 401 g/mol. The number of ether oxygens (including phenoxy) is 1. The maximum Gasteiger partial charge on any atom is 0.261 e. The topological polar surface area (TPSA) is 75.7 Å². The second-order valence-corrected chi connectivity index (χ2v) is 7.44. The molecule has 0 fully saturated rings. The zero-order chi connectivity index (χ0) is 20.4. The van der Waals surface area contributed by atoms with Crippen LogP contribution < -0.4 is 10.1 Å². The fourth-order valence-corrected chi connectivity index (χ4v) is 3.17. The maximum absolute atomic E-state index is 12.7. The van der Waals surface area contributed by atoms with Gasteiger partial charge in [-0.25, -0.2) is 0 Å². The molecule has 146 valence electrons. The van der Waals surface area contributed by atoms with E-state index in [2.05, 4.69) is 5.32 Å². The van der Waals surface area contributed by atoms with Crippen molar-refractivity contribution in [1.82, 2.24) is 4.90 Å². The summed E-state index contributed by atoms with van der Waals surface area (Å²) < 4.78 is 5.22. The van der Waals surface area contributed by atoms with Crippen LogP contribution in [-0.2, 0) is 0 Å². The van der Waals surface area contributed by atoms with E-state index >= 15 is 0 Å². The van der Waals surface area contributed by atoms with Crippen LogP contribution in [0, 0.1) is 5.92 Å². The van der Waals surface area contributed by atoms with Crippen molar-refractivity contribution in [3.05, 3.63) is 58.1 Å². The van der Waals surface area contributed by atoms with Gasteiger partial charge in [0.15, 0.2) is 0 Å². The third-order valence-corrected chi connectivity index (χ3v) is 4.81. The normalized spacial score (nSPS) is 13.1. The van der Waals surface area contributed by atoms with Gasteiger partial charge in [-0.05, 0) is 48.7 Å². The lowest BCUT2D eigenvalue weighted by molar-refractivity contribution is 0.0647. The van der Waals surface area contributed by atoms with Crippen LogP contribution in [-0.4, -0.2) is 36.3 Å². The van der Waals surface area contributed by atoms with E-state index in [1.165, 1.54) is 30.2 Å². The Morgan fingerprint density at radius 2 is 1.82 bits per heavy atom. The number of imide groups is 1. The van der Waals surface area contributed by atoms with Gasteiger partial charge in [0.25, 0.3) is 17.7 Å². The highest BCUT2D eigenvalue weighted by molar-refractivity contribution is 6.31. The van der Waals surface area contributed by atoms with E-state index in [1.54, 1.807) is 18.2 Å². The van der Waals surface area contributed by atoms with E-state index in [0.29, 0.717) is 34.5 Å². The zero-order valence-electron chi connectivity index (χ0n) is 15.9. The van der Waals surface area contributed by atoms with E-state index in [0.717, 1.165) is 6.42 Å². The van der Waals surface area contributed by atoms with E-state index in [-0.39, 0.29) is 22.9 Å². The molecular formula is C21H21ClN2O4. The summed E-state index contributed by atoms with van der Waals surface area (Å²) in [5, 5.41) is 3.18. The van der Waals surface area contributed by atoms with Crippen LogP contribution in [0.15, 0.2) is 36.4 Å². The van der Waals surface area contributed by atoms with Crippen molar-refractivity contribution in [2.75, 3.05) is 19.0 Å². The van der Waals surface area contributed by atoms with Crippen LogP contribution >= 0.6 is 11.6 Å². The molecule has 0 radical (unpaired) electrons. The Kier molecular flexibility index (Phi) is 5.70. The number of benzene rings is 2. The summed E-state index contributed by atoms with van der Waals surface area (Å²) in [7, 11) is 1.49. The maximum atomic E-state index is 12.7. The lowest BCUT2D eigenvalue weighted by Gasteiger charge is -2.14. The molecule has 28 heavy (non-hydrogen) atoms. The molecule has 2 aromatic rings. The van der Waals surface area contributed by atoms with Crippen molar-refractivity contribution >= 4 is 35.0 Å². The van der Waals surface area contributed by atoms with Gasteiger partial charge in [-0.15, -0.1) is 0 Å². The minimum atomic E-state index is -0.427. The molecule has 2 aromatic carbocycles. The molecule has 3 amide bonds. The van der Waals surface area contributed by atoms with Crippen LogP contribution in [0.2, 0.25) is 5.02 Å². The second kappa shape index (κ2) is 8.02. The molecule has 1 aliphatic heterocycles. The van der Waals surface area contributed by atoms with Crippen LogP contribution in [0.25, 0.3) is 0 Å². The summed E-state index contributed by atoms with van der Waals surface area (Å²) in [5.41, 5.74) is 1.26. The first kappa shape index (κ1) is 19.9. The molecule has 1 N–H and O–H groups in total. The Balaban J connectivity index is 1.84. The summed E-state index contributed by atoms with van der Waals surface area (Å²) in [6.07, 6.45) is 0.730. The molecule has 1 heterocycles. The Hall–Kier alpha value is -2.86. The minimum Gasteiger partial charge on any atom is -0.495 e. The molecule has 0 unspecified atom stereocenters. The van der Waals surface area contributed by atoms with E-state index in [9.17, 15) is 14.4 Å². The Bertz CT molecular complexity index is 955. The lowest BCUT2D eigenvalue weighted by atomic mass is 10.1.